The van der Waals surface area contributed by atoms with Gasteiger partial charge in [0.15, 0.2) is 0 Å². The molecule has 2 nitrogen and oxygen atoms in total. The van der Waals surface area contributed by atoms with Crippen LogP contribution in [0.25, 0.3) is 0 Å². The number of aliphatic carboxylic acids is 1. The van der Waals surface area contributed by atoms with E-state index < -0.39 is 5.97 Å². The number of hydrogen-bond acceptors (Lipinski definition) is 3. The van der Waals surface area contributed by atoms with Crippen molar-refractivity contribution >= 4 is 45.0 Å². The molecule has 0 radical (unpaired) electrons. The van der Waals surface area contributed by atoms with Gasteiger partial charge in [0.1, 0.15) is 0 Å². The van der Waals surface area contributed by atoms with Crippen molar-refractivity contribution < 1.29 is 9.90 Å². The molecule has 0 spiro atoms. The van der Waals surface area contributed by atoms with Crippen LogP contribution in [0, 0.1) is 0 Å². The first-order valence-corrected chi connectivity index (χ1v) is 2.85. The molecular formula is C3H5O2STl. The summed E-state index contributed by atoms with van der Waals surface area (Å²) in [5, 5.41) is 9.47. The Labute approximate surface area is 66.8 Å². The van der Waals surface area contributed by atoms with Crippen molar-refractivity contribution in [1.29, 1.82) is 0 Å². The predicted octanol–water partition coefficient (Wildman–Crippen LogP) is -1.28. The van der Waals surface area contributed by atoms with Crippen molar-refractivity contribution in [3.8, 4) is 0 Å². The molecule has 0 atom stereocenters. The summed E-state index contributed by atoms with van der Waals surface area (Å²) in [4.78, 5) is 9.47. The van der Waals surface area contributed by atoms with Gasteiger partial charge >= 0.3 is 27.3 Å². The third-order valence-electron chi connectivity index (χ3n) is 0.262. The molecule has 0 heterocycles. The molecule has 0 aromatic rings. The zero-order valence-electron chi connectivity index (χ0n) is 4.01. The van der Waals surface area contributed by atoms with Crippen molar-refractivity contribution in [2.24, 2.45) is 0 Å². The van der Waals surface area contributed by atoms with Crippen LogP contribution in [0.5, 0.6) is 0 Å². The Kier molecular flexibility index (Phi) is 10.3. The van der Waals surface area contributed by atoms with E-state index >= 15 is 0 Å². The van der Waals surface area contributed by atoms with Crippen LogP contribution in [-0.2, 0) is 4.79 Å². The fourth-order valence-corrected chi connectivity index (χ4v) is 0.354. The molecule has 0 N–H and O–H groups in total. The van der Waals surface area contributed by atoms with Crippen LogP contribution in [-0.4, -0.2) is 45.3 Å². The summed E-state index contributed by atoms with van der Waals surface area (Å²) in [6.45, 7) is 0. The van der Waals surface area contributed by atoms with Crippen molar-refractivity contribution in [2.75, 3.05) is 12.0 Å². The SMILES string of the molecule is CSCC(=O)[O-].[Tl+]. The average molecular weight is 310 g/mol. The predicted molar refractivity (Wildman–Crippen MR) is 29.1 cm³/mol. The minimum atomic E-state index is -0.998. The monoisotopic (exact) mass is 310 g/mol. The number of thioether (sulfide) groups is 1. The molecule has 7 heavy (non-hydrogen) atoms. The number of carboxylic acids is 1. The standard InChI is InChI=1S/C3H6O2S.Tl/c1-6-2-3(4)5;/h2H2,1H3,(H,4,5);/q;+1/p-1. The summed E-state index contributed by atoms with van der Waals surface area (Å²) in [5.74, 6) is -0.900. The van der Waals surface area contributed by atoms with E-state index in [0.717, 1.165) is 0 Å². The van der Waals surface area contributed by atoms with Crippen LogP contribution in [0.15, 0.2) is 0 Å². The second-order valence-electron chi connectivity index (χ2n) is 0.805. The van der Waals surface area contributed by atoms with Crippen LogP contribution in [0.3, 0.4) is 0 Å². The quantitative estimate of drug-likeness (QED) is 0.597. The minimum absolute atomic E-state index is 0. The van der Waals surface area contributed by atoms with Gasteiger partial charge < -0.3 is 9.90 Å². The zero-order valence-corrected chi connectivity index (χ0v) is 9.31. The van der Waals surface area contributed by atoms with E-state index in [4.69, 9.17) is 0 Å². The summed E-state index contributed by atoms with van der Waals surface area (Å²) in [5.41, 5.74) is 0. The van der Waals surface area contributed by atoms with E-state index in [1.165, 1.54) is 11.8 Å². The first-order chi connectivity index (χ1) is 2.77. The van der Waals surface area contributed by atoms with Gasteiger partial charge in [-0.1, -0.05) is 0 Å². The van der Waals surface area contributed by atoms with Gasteiger partial charge in [0, 0.05) is 5.75 Å². The third-order valence-corrected chi connectivity index (χ3v) is 0.787. The van der Waals surface area contributed by atoms with Gasteiger partial charge in [-0.3, -0.25) is 0 Å². The molecule has 0 aromatic carbocycles. The molecule has 0 saturated carbocycles. The van der Waals surface area contributed by atoms with E-state index in [1.54, 1.807) is 6.26 Å². The van der Waals surface area contributed by atoms with Crippen LogP contribution in [0.4, 0.5) is 0 Å². The van der Waals surface area contributed by atoms with Gasteiger partial charge in [-0.15, -0.1) is 0 Å². The molecule has 0 aliphatic carbocycles. The van der Waals surface area contributed by atoms with E-state index in [-0.39, 0.29) is 33.1 Å². The number of rotatable bonds is 2. The summed E-state index contributed by atoms with van der Waals surface area (Å²) in [7, 11) is 0. The second-order valence-corrected chi connectivity index (χ2v) is 1.67. The smallest absolute Gasteiger partial charge is 0.549 e. The number of carboxylic acid groups (broad SMARTS) is 1. The Balaban J connectivity index is 0. The molecule has 0 fully saturated rings. The molecule has 0 unspecified atom stereocenters. The molecule has 0 amide bonds. The zero-order chi connectivity index (χ0) is 4.99. The molecular weight excluding hydrogens is 304 g/mol. The van der Waals surface area contributed by atoms with Crippen molar-refractivity contribution in [2.45, 2.75) is 0 Å². The van der Waals surface area contributed by atoms with Crippen LogP contribution in [0.2, 0.25) is 0 Å². The normalized spacial score (nSPS) is 7.00. The Morgan fingerprint density at radius 3 is 2.29 bits per heavy atom. The van der Waals surface area contributed by atoms with Crippen LogP contribution in [0.1, 0.15) is 0 Å². The van der Waals surface area contributed by atoms with Gasteiger partial charge in [-0.2, -0.15) is 11.8 Å². The fraction of sp³-hybridized carbons (Fsp3) is 0.667. The average Bonchev–Trinajstić information content (AvgIpc) is 1.35. The van der Waals surface area contributed by atoms with E-state index in [0.29, 0.717) is 0 Å². The molecule has 4 heteroatoms. The minimum Gasteiger partial charge on any atom is -0.549 e. The molecule has 0 bridgehead atoms. The van der Waals surface area contributed by atoms with Crippen molar-refractivity contribution in [3.63, 3.8) is 0 Å². The number of hydrogen-bond donors (Lipinski definition) is 0. The summed E-state index contributed by atoms with van der Waals surface area (Å²) in [6.07, 6.45) is 1.72. The maximum absolute atomic E-state index is 9.47. The van der Waals surface area contributed by atoms with Gasteiger partial charge in [0.25, 0.3) is 0 Å². The first-order valence-electron chi connectivity index (χ1n) is 1.46. The summed E-state index contributed by atoms with van der Waals surface area (Å²) < 4.78 is 0. The largest absolute Gasteiger partial charge is 1.00 e. The maximum Gasteiger partial charge on any atom is 1.00 e. The molecule has 38 valence electrons. The van der Waals surface area contributed by atoms with E-state index in [9.17, 15) is 9.90 Å². The topological polar surface area (TPSA) is 40.1 Å². The van der Waals surface area contributed by atoms with Gasteiger partial charge in [0.2, 0.25) is 0 Å². The van der Waals surface area contributed by atoms with Crippen LogP contribution < -0.4 is 5.11 Å². The number of carbonyl (C=O) groups excluding carboxylic acids is 1. The Bertz CT molecular complexity index is 56.9. The van der Waals surface area contributed by atoms with Crippen molar-refractivity contribution in [1.82, 2.24) is 0 Å². The molecule has 0 rings (SSSR count). The number of carbonyl (C=O) groups is 1. The fourth-order valence-electron chi connectivity index (χ4n) is 0.118. The first kappa shape index (κ1) is 10.7. The van der Waals surface area contributed by atoms with Crippen LogP contribution >= 0.6 is 11.8 Å². The van der Waals surface area contributed by atoms with Crippen molar-refractivity contribution in [3.05, 3.63) is 0 Å². The second kappa shape index (κ2) is 6.74. The molecule has 0 saturated heterocycles. The third kappa shape index (κ3) is 10.8. The summed E-state index contributed by atoms with van der Waals surface area (Å²) in [6, 6.07) is 0. The van der Waals surface area contributed by atoms with Gasteiger partial charge in [-0.25, -0.2) is 0 Å². The molecule has 0 aliphatic heterocycles. The summed E-state index contributed by atoms with van der Waals surface area (Å²) >= 11 is 1.25. The van der Waals surface area contributed by atoms with Gasteiger partial charge in [0.05, 0.1) is 5.97 Å². The van der Waals surface area contributed by atoms with E-state index in [2.05, 4.69) is 0 Å². The van der Waals surface area contributed by atoms with Gasteiger partial charge in [-0.05, 0) is 6.26 Å². The Hall–Kier alpha value is 0.742. The molecule has 0 aliphatic rings. The van der Waals surface area contributed by atoms with E-state index in [1.807, 2.05) is 0 Å². The Morgan fingerprint density at radius 2 is 2.29 bits per heavy atom. The Morgan fingerprint density at radius 1 is 1.86 bits per heavy atom. The molecule has 0 aromatic heterocycles. The maximum atomic E-state index is 9.47.